The Hall–Kier alpha value is -2.71. The van der Waals surface area contributed by atoms with Crippen molar-refractivity contribution in [2.75, 3.05) is 10.6 Å². The number of nitrogens with zero attached hydrogens (tertiary/aromatic N) is 2. The van der Waals surface area contributed by atoms with Crippen molar-refractivity contribution in [1.29, 1.82) is 0 Å². The highest BCUT2D eigenvalue weighted by Crippen LogP contribution is 2.31. The summed E-state index contributed by atoms with van der Waals surface area (Å²) in [5.74, 6) is 0.211. The monoisotopic (exact) mass is 444 g/mol. The van der Waals surface area contributed by atoms with Crippen LogP contribution in [0.15, 0.2) is 23.0 Å². The van der Waals surface area contributed by atoms with Gasteiger partial charge in [-0.3, -0.25) is 19.0 Å². The first-order valence-electron chi connectivity index (χ1n) is 9.76. The summed E-state index contributed by atoms with van der Waals surface area (Å²) in [6.45, 7) is 3.84. The molecule has 1 aliphatic rings. The highest BCUT2D eigenvalue weighted by atomic mass is 35.5. The second-order valence-corrected chi connectivity index (χ2v) is 8.77. The number of carbonyl (C=O) groups is 2. The Bertz CT molecular complexity index is 1230. The van der Waals surface area contributed by atoms with Gasteiger partial charge in [0.05, 0.1) is 21.0 Å². The Morgan fingerprint density at radius 3 is 2.77 bits per heavy atom. The molecule has 2 amide bonds. The van der Waals surface area contributed by atoms with Gasteiger partial charge in [-0.15, -0.1) is 11.3 Å². The van der Waals surface area contributed by atoms with Crippen LogP contribution in [0, 0.1) is 6.92 Å². The Labute approximate surface area is 182 Å². The fourth-order valence-corrected chi connectivity index (χ4v) is 4.96. The van der Waals surface area contributed by atoms with Crippen LogP contribution in [-0.2, 0) is 17.8 Å². The van der Waals surface area contributed by atoms with E-state index in [2.05, 4.69) is 10.6 Å². The molecule has 1 aliphatic heterocycles. The van der Waals surface area contributed by atoms with Gasteiger partial charge in [-0.05, 0) is 43.5 Å². The Morgan fingerprint density at radius 1 is 1.20 bits per heavy atom. The third kappa shape index (κ3) is 3.85. The first-order valence-corrected chi connectivity index (χ1v) is 11.0. The molecular formula is C21H21ClN4O3S. The van der Waals surface area contributed by atoms with Crippen LogP contribution in [0.1, 0.15) is 47.2 Å². The van der Waals surface area contributed by atoms with Crippen LogP contribution >= 0.6 is 22.9 Å². The highest BCUT2D eigenvalue weighted by molar-refractivity contribution is 7.20. The van der Waals surface area contributed by atoms with Gasteiger partial charge >= 0.3 is 0 Å². The van der Waals surface area contributed by atoms with E-state index in [1.807, 2.05) is 0 Å². The van der Waals surface area contributed by atoms with E-state index in [0.29, 0.717) is 43.6 Å². The molecule has 0 saturated heterocycles. The predicted octanol–water partition coefficient (Wildman–Crippen LogP) is 4.36. The molecule has 0 bridgehead atoms. The van der Waals surface area contributed by atoms with Crippen molar-refractivity contribution in [2.24, 2.45) is 0 Å². The number of hydrogen-bond donors (Lipinski definition) is 2. The van der Waals surface area contributed by atoms with Gasteiger partial charge in [-0.2, -0.15) is 0 Å². The molecule has 1 aromatic carbocycles. The Kier molecular flexibility index (Phi) is 5.62. The van der Waals surface area contributed by atoms with Gasteiger partial charge in [0, 0.05) is 25.6 Å². The van der Waals surface area contributed by atoms with Crippen molar-refractivity contribution in [3.05, 3.63) is 49.8 Å². The van der Waals surface area contributed by atoms with E-state index in [0.717, 1.165) is 31.5 Å². The smallest absolute Gasteiger partial charge is 0.266 e. The average Bonchev–Trinajstić information content (AvgIpc) is 2.86. The Morgan fingerprint density at radius 2 is 2.00 bits per heavy atom. The van der Waals surface area contributed by atoms with Crippen LogP contribution in [0.2, 0.25) is 5.02 Å². The van der Waals surface area contributed by atoms with Gasteiger partial charge in [0.2, 0.25) is 5.91 Å². The second-order valence-electron chi connectivity index (χ2n) is 7.36. The molecule has 2 aromatic heterocycles. The molecule has 156 valence electrons. The zero-order valence-electron chi connectivity index (χ0n) is 16.7. The Balaban J connectivity index is 1.71. The molecule has 0 unspecified atom stereocenters. The van der Waals surface area contributed by atoms with Crippen LogP contribution in [0.25, 0.3) is 10.2 Å². The van der Waals surface area contributed by atoms with Gasteiger partial charge in [-0.25, -0.2) is 4.98 Å². The second kappa shape index (κ2) is 8.20. The van der Waals surface area contributed by atoms with Gasteiger partial charge in [-0.1, -0.05) is 18.0 Å². The average molecular weight is 445 g/mol. The van der Waals surface area contributed by atoms with Crippen LogP contribution < -0.4 is 16.2 Å². The molecule has 4 rings (SSSR count). The standard InChI is InChI=1S/C21H21ClN4O3S/c1-11-17-20(25-16-6-4-3-5-9-26(16)21(17)29)30-18(11)19(28)24-15-10-13(23-12(2)27)7-8-14(15)22/h7-8,10H,3-6,9H2,1-2H3,(H,23,27)(H,24,28). The largest absolute Gasteiger partial charge is 0.326 e. The summed E-state index contributed by atoms with van der Waals surface area (Å²) < 4.78 is 1.75. The SMILES string of the molecule is CC(=O)Nc1ccc(Cl)c(NC(=O)c2sc3nc4n(c(=O)c3c2C)CCCCC4)c1. The summed E-state index contributed by atoms with van der Waals surface area (Å²) in [5, 5.41) is 6.31. The lowest BCUT2D eigenvalue weighted by molar-refractivity contribution is -0.114. The zero-order chi connectivity index (χ0) is 21.4. The van der Waals surface area contributed by atoms with E-state index < -0.39 is 0 Å². The van der Waals surface area contributed by atoms with Gasteiger partial charge < -0.3 is 10.6 Å². The van der Waals surface area contributed by atoms with Crippen LogP contribution in [0.3, 0.4) is 0 Å². The summed E-state index contributed by atoms with van der Waals surface area (Å²) in [6.07, 6.45) is 3.83. The fraction of sp³-hybridized carbons (Fsp3) is 0.333. The topological polar surface area (TPSA) is 93.1 Å². The number of hydrogen-bond acceptors (Lipinski definition) is 5. The van der Waals surface area contributed by atoms with Crippen molar-refractivity contribution >= 4 is 56.3 Å². The van der Waals surface area contributed by atoms with Crippen molar-refractivity contribution < 1.29 is 9.59 Å². The third-order valence-corrected chi connectivity index (χ3v) is 6.67. The summed E-state index contributed by atoms with van der Waals surface area (Å²) in [4.78, 5) is 43.1. The lowest BCUT2D eigenvalue weighted by Crippen LogP contribution is -2.24. The third-order valence-electron chi connectivity index (χ3n) is 5.15. The van der Waals surface area contributed by atoms with E-state index in [4.69, 9.17) is 16.6 Å². The van der Waals surface area contributed by atoms with Crippen LogP contribution in [0.4, 0.5) is 11.4 Å². The number of benzene rings is 1. The maximum Gasteiger partial charge on any atom is 0.266 e. The fourth-order valence-electron chi connectivity index (χ4n) is 3.71. The van der Waals surface area contributed by atoms with E-state index in [9.17, 15) is 14.4 Å². The quantitative estimate of drug-likeness (QED) is 0.627. The molecule has 9 heteroatoms. The molecule has 7 nitrogen and oxygen atoms in total. The molecule has 0 aliphatic carbocycles. The maximum atomic E-state index is 13.1. The zero-order valence-corrected chi connectivity index (χ0v) is 18.2. The molecule has 2 N–H and O–H groups in total. The van der Waals surface area contributed by atoms with Crippen molar-refractivity contribution in [3.63, 3.8) is 0 Å². The van der Waals surface area contributed by atoms with Gasteiger partial charge in [0.1, 0.15) is 10.7 Å². The normalized spacial score (nSPS) is 13.6. The number of fused-ring (bicyclic) bond motifs is 2. The van der Waals surface area contributed by atoms with Crippen molar-refractivity contribution in [3.8, 4) is 0 Å². The minimum absolute atomic E-state index is 0.0737. The lowest BCUT2D eigenvalue weighted by atomic mass is 10.2. The molecule has 0 spiro atoms. The van der Waals surface area contributed by atoms with E-state index in [1.54, 1.807) is 29.7 Å². The molecule has 30 heavy (non-hydrogen) atoms. The number of carbonyl (C=O) groups excluding carboxylic acids is 2. The van der Waals surface area contributed by atoms with E-state index in [-0.39, 0.29) is 17.4 Å². The van der Waals surface area contributed by atoms with Gasteiger partial charge in [0.15, 0.2) is 0 Å². The highest BCUT2D eigenvalue weighted by Gasteiger charge is 2.22. The molecular weight excluding hydrogens is 424 g/mol. The lowest BCUT2D eigenvalue weighted by Gasteiger charge is -2.09. The van der Waals surface area contributed by atoms with Gasteiger partial charge in [0.25, 0.3) is 11.5 Å². The molecule has 0 radical (unpaired) electrons. The molecule has 3 aromatic rings. The molecule has 0 saturated carbocycles. The molecule has 0 atom stereocenters. The first-order chi connectivity index (χ1) is 14.3. The number of halogens is 1. The van der Waals surface area contributed by atoms with E-state index in [1.165, 1.54) is 18.3 Å². The minimum atomic E-state index is -0.364. The summed E-state index contributed by atoms with van der Waals surface area (Å²) >= 11 is 7.44. The number of rotatable bonds is 3. The van der Waals surface area contributed by atoms with Crippen molar-refractivity contribution in [1.82, 2.24) is 9.55 Å². The predicted molar refractivity (Wildman–Crippen MR) is 120 cm³/mol. The van der Waals surface area contributed by atoms with Crippen LogP contribution in [-0.4, -0.2) is 21.4 Å². The number of aryl methyl sites for hydroxylation is 2. The van der Waals surface area contributed by atoms with Crippen LogP contribution in [0.5, 0.6) is 0 Å². The van der Waals surface area contributed by atoms with E-state index >= 15 is 0 Å². The number of amides is 2. The number of anilines is 2. The first kappa shape index (κ1) is 20.6. The number of thiophene rings is 1. The number of aromatic nitrogens is 2. The summed E-state index contributed by atoms with van der Waals surface area (Å²) in [6, 6.07) is 4.85. The molecule has 0 fully saturated rings. The maximum absolute atomic E-state index is 13.1. The number of nitrogens with one attached hydrogen (secondary N) is 2. The van der Waals surface area contributed by atoms with Crippen molar-refractivity contribution in [2.45, 2.75) is 46.1 Å². The molecule has 3 heterocycles. The minimum Gasteiger partial charge on any atom is -0.326 e. The summed E-state index contributed by atoms with van der Waals surface area (Å²) in [7, 11) is 0. The summed E-state index contributed by atoms with van der Waals surface area (Å²) in [5.41, 5.74) is 1.46.